The van der Waals surface area contributed by atoms with Gasteiger partial charge in [0.15, 0.2) is 0 Å². The number of halogens is 2. The molecule has 0 amide bonds. The zero-order valence-electron chi connectivity index (χ0n) is 24.3. The molecule has 0 saturated carbocycles. The van der Waals surface area contributed by atoms with E-state index in [1.54, 1.807) is 0 Å². The Balaban J connectivity index is 1.63. The Morgan fingerprint density at radius 3 is 0.659 bits per heavy atom. The summed E-state index contributed by atoms with van der Waals surface area (Å²) in [5, 5.41) is 5.75. The van der Waals surface area contributed by atoms with E-state index in [0.717, 1.165) is 31.8 Å². The summed E-state index contributed by atoms with van der Waals surface area (Å²) in [6, 6.07) is 60.9. The van der Waals surface area contributed by atoms with Crippen LogP contribution in [0.15, 0.2) is 182 Å². The molecule has 0 spiro atoms. The van der Waals surface area contributed by atoms with Crippen LogP contribution in [-0.4, -0.2) is 18.1 Å². The monoisotopic (exact) mass is 650 g/mol. The van der Waals surface area contributed by atoms with Crippen molar-refractivity contribution in [2.24, 2.45) is 0 Å². The molecule has 6 rings (SSSR count). The van der Waals surface area contributed by atoms with Crippen molar-refractivity contribution in [1.82, 2.24) is 0 Å². The second-order valence-electron chi connectivity index (χ2n) is 11.2. The van der Waals surface area contributed by atoms with E-state index in [0.29, 0.717) is 0 Å². The fourth-order valence-corrected chi connectivity index (χ4v) is 18.8. The van der Waals surface area contributed by atoms with Crippen LogP contribution < -0.4 is 31.8 Å². The Morgan fingerprint density at radius 2 is 0.500 bits per heavy atom. The van der Waals surface area contributed by atoms with Crippen LogP contribution >= 0.6 is 34.4 Å². The number of ketones is 1. The van der Waals surface area contributed by atoms with Crippen molar-refractivity contribution < 1.29 is 4.79 Å². The van der Waals surface area contributed by atoms with E-state index in [1.807, 2.05) is 109 Å². The topological polar surface area (TPSA) is 17.1 Å². The molecule has 5 heteroatoms. The fraction of sp³-hybridized carbons (Fsp3) is 0.0513. The van der Waals surface area contributed by atoms with Crippen molar-refractivity contribution in [3.05, 3.63) is 182 Å². The molecule has 0 N–H and O–H groups in total. The van der Waals surface area contributed by atoms with E-state index < -0.39 is 11.9 Å². The molecule has 220 valence electrons. The van der Waals surface area contributed by atoms with E-state index in [2.05, 4.69) is 72.8 Å². The average Bonchev–Trinajstić information content (AvgIpc) is 3.10. The first-order valence-electron chi connectivity index (χ1n) is 14.7. The average molecular weight is 652 g/mol. The summed E-state index contributed by atoms with van der Waals surface area (Å²) < 4.78 is 0. The van der Waals surface area contributed by atoms with Crippen LogP contribution in [0.5, 0.6) is 0 Å². The Labute approximate surface area is 270 Å². The summed E-state index contributed by atoms with van der Waals surface area (Å²) in [4.78, 5) is 15.2. The molecule has 0 aliphatic heterocycles. The number of carbonyl (C=O) groups is 1. The Morgan fingerprint density at radius 1 is 0.341 bits per heavy atom. The standard InChI is InChI=1S/C39H34Cl2OP2/c40-43(34-19-7-1-8-20-34,35-21-9-2-10-22-35,36-23-11-3-12-24-36)31-33(42)32-44(41,37-25-13-4-14-26-37,38-27-15-5-16-28-38)39-29-17-6-18-30-39/h1-30H,31-32H2. The zero-order chi connectivity index (χ0) is 30.6. The number of Topliss-reactive ketones (excluding diaryl/α,β-unsaturated/α-hetero) is 1. The van der Waals surface area contributed by atoms with Crippen LogP contribution in [0, 0.1) is 0 Å². The van der Waals surface area contributed by atoms with E-state index in [4.69, 9.17) is 22.5 Å². The second-order valence-corrected chi connectivity index (χ2v) is 24.2. The summed E-state index contributed by atoms with van der Waals surface area (Å²) in [5.74, 6) is -7.71. The maximum atomic E-state index is 15.2. The summed E-state index contributed by atoms with van der Waals surface area (Å²) in [6.45, 7) is 0. The molecule has 0 bridgehead atoms. The van der Waals surface area contributed by atoms with Crippen molar-refractivity contribution in [2.45, 2.75) is 0 Å². The molecule has 0 aromatic heterocycles. The second kappa shape index (κ2) is 12.1. The molecule has 0 aliphatic rings. The van der Waals surface area contributed by atoms with E-state index in [1.165, 1.54) is 0 Å². The molecule has 6 aromatic carbocycles. The van der Waals surface area contributed by atoms with Gasteiger partial charge in [-0.25, -0.2) is 0 Å². The van der Waals surface area contributed by atoms with Gasteiger partial charge in [0.2, 0.25) is 0 Å². The normalized spacial score (nSPS) is 13.6. The van der Waals surface area contributed by atoms with E-state index in [-0.39, 0.29) is 18.1 Å². The van der Waals surface area contributed by atoms with Crippen molar-refractivity contribution in [3.8, 4) is 0 Å². The van der Waals surface area contributed by atoms with Gasteiger partial charge in [0.25, 0.3) is 0 Å². The molecule has 0 fully saturated rings. The van der Waals surface area contributed by atoms with E-state index in [9.17, 15) is 0 Å². The minimum absolute atomic E-state index is 0.0263. The number of rotatable bonds is 10. The Hall–Kier alpha value is -3.57. The Bertz CT molecular complexity index is 1510. The third kappa shape index (κ3) is 4.94. The summed E-state index contributed by atoms with van der Waals surface area (Å²) >= 11 is 16.7. The molecule has 0 saturated heterocycles. The minimum atomic E-state index is -3.87. The van der Waals surface area contributed by atoms with Crippen LogP contribution in [0.1, 0.15) is 0 Å². The first kappa shape index (κ1) is 30.5. The predicted octanol–water partition coefficient (Wildman–Crippen LogP) is 7.92. The quantitative estimate of drug-likeness (QED) is 0.138. The maximum absolute atomic E-state index is 15.2. The molecule has 6 aromatic rings. The first-order chi connectivity index (χ1) is 21.4. The van der Waals surface area contributed by atoms with Crippen molar-refractivity contribution in [2.75, 3.05) is 12.3 Å². The zero-order valence-corrected chi connectivity index (χ0v) is 27.6. The van der Waals surface area contributed by atoms with Crippen LogP contribution in [-0.2, 0) is 4.79 Å². The van der Waals surface area contributed by atoms with Crippen molar-refractivity contribution in [1.29, 1.82) is 0 Å². The predicted molar refractivity (Wildman–Crippen MR) is 197 cm³/mol. The van der Waals surface area contributed by atoms with Gasteiger partial charge < -0.3 is 0 Å². The van der Waals surface area contributed by atoms with Gasteiger partial charge in [-0.3, -0.25) is 0 Å². The van der Waals surface area contributed by atoms with Crippen LogP contribution in [0.2, 0.25) is 0 Å². The number of benzene rings is 6. The van der Waals surface area contributed by atoms with Gasteiger partial charge in [-0.2, -0.15) is 0 Å². The molecule has 44 heavy (non-hydrogen) atoms. The summed E-state index contributed by atoms with van der Waals surface area (Å²) in [6.07, 6.45) is 0.255. The number of carbonyl (C=O) groups excluding carboxylic acids is 1. The number of hydrogen-bond acceptors (Lipinski definition) is 1. The fourth-order valence-electron chi connectivity index (χ4n) is 6.59. The van der Waals surface area contributed by atoms with Gasteiger partial charge >= 0.3 is 271 Å². The molecule has 0 unspecified atom stereocenters. The van der Waals surface area contributed by atoms with Crippen LogP contribution in [0.25, 0.3) is 0 Å². The molecule has 0 atom stereocenters. The first-order valence-corrected chi connectivity index (χ1v) is 21.3. The van der Waals surface area contributed by atoms with Crippen molar-refractivity contribution >= 4 is 72.0 Å². The van der Waals surface area contributed by atoms with Gasteiger partial charge in [0.1, 0.15) is 0 Å². The van der Waals surface area contributed by atoms with Gasteiger partial charge in [0.05, 0.1) is 0 Å². The van der Waals surface area contributed by atoms with Crippen molar-refractivity contribution in [3.63, 3.8) is 0 Å². The molecule has 0 heterocycles. The molecule has 0 aliphatic carbocycles. The SMILES string of the molecule is O=C(CP(Cl)(c1ccccc1)(c1ccccc1)c1ccccc1)CP(Cl)(c1ccccc1)(c1ccccc1)c1ccccc1. The van der Waals surface area contributed by atoms with Crippen LogP contribution in [0.4, 0.5) is 0 Å². The molecular formula is C39H34Cl2OP2. The van der Waals surface area contributed by atoms with Crippen LogP contribution in [0.3, 0.4) is 0 Å². The summed E-state index contributed by atoms with van der Waals surface area (Å²) in [7, 11) is 0. The Kier molecular flexibility index (Phi) is 8.36. The van der Waals surface area contributed by atoms with Gasteiger partial charge in [-0.15, -0.1) is 0 Å². The number of hydrogen-bond donors (Lipinski definition) is 0. The summed E-state index contributed by atoms with van der Waals surface area (Å²) in [5.41, 5.74) is 0. The molecule has 0 radical (unpaired) electrons. The molecular weight excluding hydrogens is 617 g/mol. The van der Waals surface area contributed by atoms with Gasteiger partial charge in [0, 0.05) is 0 Å². The third-order valence-corrected chi connectivity index (χ3v) is 23.1. The van der Waals surface area contributed by atoms with E-state index >= 15 is 4.79 Å². The third-order valence-electron chi connectivity index (χ3n) is 8.71. The molecule has 1 nitrogen and oxygen atoms in total. The van der Waals surface area contributed by atoms with Gasteiger partial charge in [-0.05, 0) is 0 Å². The van der Waals surface area contributed by atoms with Gasteiger partial charge in [-0.1, -0.05) is 0 Å².